The SMILES string of the molecule is COc1ccc(S(=O)(=O)NC[C@H](C)NS(=O)(=O)c2ccc(OC)c(C)c2)cc1C. The van der Waals surface area contributed by atoms with Gasteiger partial charge in [-0.05, 0) is 68.3 Å². The highest BCUT2D eigenvalue weighted by atomic mass is 32.2. The van der Waals surface area contributed by atoms with Gasteiger partial charge in [-0.1, -0.05) is 0 Å². The first-order chi connectivity index (χ1) is 13.5. The summed E-state index contributed by atoms with van der Waals surface area (Å²) >= 11 is 0. The molecule has 0 saturated heterocycles. The fourth-order valence-electron chi connectivity index (χ4n) is 2.73. The first kappa shape index (κ1) is 23.1. The van der Waals surface area contributed by atoms with E-state index in [0.717, 1.165) is 0 Å². The summed E-state index contributed by atoms with van der Waals surface area (Å²) in [5.74, 6) is 1.17. The smallest absolute Gasteiger partial charge is 0.240 e. The normalized spacial score (nSPS) is 13.1. The molecule has 0 aliphatic rings. The fraction of sp³-hybridized carbons (Fsp3) is 0.368. The Labute approximate surface area is 172 Å². The molecule has 0 spiro atoms. The van der Waals surface area contributed by atoms with Crippen LogP contribution in [0.2, 0.25) is 0 Å². The lowest BCUT2D eigenvalue weighted by Gasteiger charge is -2.16. The van der Waals surface area contributed by atoms with Crippen molar-refractivity contribution in [1.82, 2.24) is 9.44 Å². The van der Waals surface area contributed by atoms with Crippen molar-refractivity contribution in [3.8, 4) is 11.5 Å². The number of nitrogens with one attached hydrogen (secondary N) is 2. The zero-order valence-corrected chi connectivity index (χ0v) is 18.6. The second kappa shape index (κ2) is 9.12. The Kier molecular flexibility index (Phi) is 7.28. The average Bonchev–Trinajstić information content (AvgIpc) is 2.66. The van der Waals surface area contributed by atoms with Crippen LogP contribution in [-0.2, 0) is 20.0 Å². The number of sulfonamides is 2. The molecule has 8 nitrogen and oxygen atoms in total. The van der Waals surface area contributed by atoms with Gasteiger partial charge in [0.25, 0.3) is 0 Å². The van der Waals surface area contributed by atoms with Gasteiger partial charge in [0.2, 0.25) is 20.0 Å². The third-order valence-corrected chi connectivity index (χ3v) is 7.30. The summed E-state index contributed by atoms with van der Waals surface area (Å²) in [7, 11) is -4.59. The molecule has 0 aliphatic heterocycles. The van der Waals surface area contributed by atoms with E-state index in [4.69, 9.17) is 9.47 Å². The minimum absolute atomic E-state index is 0.0799. The molecule has 0 unspecified atom stereocenters. The van der Waals surface area contributed by atoms with Gasteiger partial charge in [0, 0.05) is 12.6 Å². The van der Waals surface area contributed by atoms with E-state index in [-0.39, 0.29) is 16.3 Å². The van der Waals surface area contributed by atoms with Gasteiger partial charge in [-0.2, -0.15) is 0 Å². The second-order valence-corrected chi connectivity index (χ2v) is 10.1. The molecule has 160 valence electrons. The van der Waals surface area contributed by atoms with Gasteiger partial charge in [-0.25, -0.2) is 26.3 Å². The molecule has 0 aliphatic carbocycles. The summed E-state index contributed by atoms with van der Waals surface area (Å²) < 4.78 is 65.3. The maximum absolute atomic E-state index is 12.6. The molecular weight excluding hydrogens is 416 g/mol. The van der Waals surface area contributed by atoms with Crippen molar-refractivity contribution in [2.75, 3.05) is 20.8 Å². The van der Waals surface area contributed by atoms with Gasteiger partial charge < -0.3 is 9.47 Å². The van der Waals surface area contributed by atoms with E-state index in [1.54, 1.807) is 32.9 Å². The number of ether oxygens (including phenoxy) is 2. The van der Waals surface area contributed by atoms with Crippen molar-refractivity contribution in [3.63, 3.8) is 0 Å². The number of hydrogen-bond donors (Lipinski definition) is 2. The van der Waals surface area contributed by atoms with E-state index in [2.05, 4.69) is 9.44 Å². The van der Waals surface area contributed by atoms with Crippen molar-refractivity contribution in [2.45, 2.75) is 36.6 Å². The first-order valence-corrected chi connectivity index (χ1v) is 11.8. The molecule has 0 saturated carbocycles. The monoisotopic (exact) mass is 442 g/mol. The van der Waals surface area contributed by atoms with Gasteiger partial charge in [0.05, 0.1) is 24.0 Å². The third kappa shape index (κ3) is 5.69. The molecule has 0 amide bonds. The average molecular weight is 443 g/mol. The lowest BCUT2D eigenvalue weighted by molar-refractivity contribution is 0.411. The number of rotatable bonds is 9. The highest BCUT2D eigenvalue weighted by Crippen LogP contribution is 2.22. The van der Waals surface area contributed by atoms with Gasteiger partial charge in [0.1, 0.15) is 11.5 Å². The molecule has 0 fully saturated rings. The Balaban J connectivity index is 2.07. The van der Waals surface area contributed by atoms with Crippen LogP contribution in [0.3, 0.4) is 0 Å². The number of methoxy groups -OCH3 is 2. The molecule has 2 aromatic rings. The Morgan fingerprint density at radius 1 is 0.828 bits per heavy atom. The van der Waals surface area contributed by atoms with Gasteiger partial charge in [-0.15, -0.1) is 0 Å². The van der Waals surface area contributed by atoms with Crippen LogP contribution in [0.25, 0.3) is 0 Å². The van der Waals surface area contributed by atoms with E-state index in [9.17, 15) is 16.8 Å². The van der Waals surface area contributed by atoms with Crippen LogP contribution in [-0.4, -0.2) is 43.6 Å². The second-order valence-electron chi connectivity index (χ2n) is 6.64. The van der Waals surface area contributed by atoms with Crippen LogP contribution in [0.15, 0.2) is 46.2 Å². The Morgan fingerprint density at radius 2 is 1.28 bits per heavy atom. The highest BCUT2D eigenvalue weighted by Gasteiger charge is 2.21. The first-order valence-electron chi connectivity index (χ1n) is 8.81. The number of benzene rings is 2. The quantitative estimate of drug-likeness (QED) is 0.614. The molecule has 10 heteroatoms. The van der Waals surface area contributed by atoms with Gasteiger partial charge in [-0.3, -0.25) is 0 Å². The summed E-state index contributed by atoms with van der Waals surface area (Å²) in [6.07, 6.45) is 0. The Hall–Kier alpha value is -2.14. The lowest BCUT2D eigenvalue weighted by Crippen LogP contribution is -2.41. The largest absolute Gasteiger partial charge is 0.496 e. The van der Waals surface area contributed by atoms with E-state index in [1.807, 2.05) is 0 Å². The molecule has 2 N–H and O–H groups in total. The van der Waals surface area contributed by atoms with Crippen molar-refractivity contribution >= 4 is 20.0 Å². The van der Waals surface area contributed by atoms with Crippen molar-refractivity contribution in [3.05, 3.63) is 47.5 Å². The third-order valence-electron chi connectivity index (χ3n) is 4.29. The van der Waals surface area contributed by atoms with Gasteiger partial charge in [0.15, 0.2) is 0 Å². The maximum atomic E-state index is 12.6. The zero-order chi connectivity index (χ0) is 21.8. The molecule has 2 rings (SSSR count). The van der Waals surface area contributed by atoms with E-state index in [0.29, 0.717) is 22.6 Å². The van der Waals surface area contributed by atoms with E-state index < -0.39 is 26.1 Å². The molecule has 1 atom stereocenters. The van der Waals surface area contributed by atoms with Gasteiger partial charge >= 0.3 is 0 Å². The zero-order valence-electron chi connectivity index (χ0n) is 17.0. The molecule has 29 heavy (non-hydrogen) atoms. The molecule has 2 aromatic carbocycles. The Bertz CT molecular complexity index is 1080. The molecule has 0 radical (unpaired) electrons. The molecule has 0 bridgehead atoms. The molecular formula is C19H26N2O6S2. The lowest BCUT2D eigenvalue weighted by atomic mass is 10.2. The highest BCUT2D eigenvalue weighted by molar-refractivity contribution is 7.90. The summed E-state index contributed by atoms with van der Waals surface area (Å²) in [5.41, 5.74) is 1.36. The summed E-state index contributed by atoms with van der Waals surface area (Å²) in [5, 5.41) is 0. The predicted molar refractivity (Wildman–Crippen MR) is 110 cm³/mol. The van der Waals surface area contributed by atoms with Crippen molar-refractivity contribution < 1.29 is 26.3 Å². The fourth-order valence-corrected chi connectivity index (χ4v) is 5.27. The molecule has 0 heterocycles. The predicted octanol–water partition coefficient (Wildman–Crippen LogP) is 1.97. The minimum atomic E-state index is -3.81. The topological polar surface area (TPSA) is 111 Å². The standard InChI is InChI=1S/C19H26N2O6S2/c1-13-10-16(6-8-18(13)26-4)28(22,23)20-12-15(3)21-29(24,25)17-7-9-19(27-5)14(2)11-17/h6-11,15,20-21H,12H2,1-5H3/t15-/m0/s1. The van der Waals surface area contributed by atoms with Crippen molar-refractivity contribution in [2.24, 2.45) is 0 Å². The van der Waals surface area contributed by atoms with E-state index in [1.165, 1.54) is 38.5 Å². The van der Waals surface area contributed by atoms with Crippen LogP contribution >= 0.6 is 0 Å². The van der Waals surface area contributed by atoms with Crippen molar-refractivity contribution in [1.29, 1.82) is 0 Å². The minimum Gasteiger partial charge on any atom is -0.496 e. The van der Waals surface area contributed by atoms with Crippen LogP contribution in [0.5, 0.6) is 11.5 Å². The Morgan fingerprint density at radius 3 is 1.69 bits per heavy atom. The number of aryl methyl sites for hydroxylation is 2. The summed E-state index contributed by atoms with van der Waals surface area (Å²) in [4.78, 5) is 0.160. The number of hydrogen-bond acceptors (Lipinski definition) is 6. The van der Waals surface area contributed by atoms with Crippen LogP contribution in [0.1, 0.15) is 18.1 Å². The van der Waals surface area contributed by atoms with Crippen LogP contribution in [0.4, 0.5) is 0 Å². The summed E-state index contributed by atoms with van der Waals surface area (Å²) in [6.45, 7) is 4.95. The van der Waals surface area contributed by atoms with Crippen LogP contribution < -0.4 is 18.9 Å². The maximum Gasteiger partial charge on any atom is 0.240 e. The molecule has 0 aromatic heterocycles. The summed E-state index contributed by atoms with van der Waals surface area (Å²) in [6, 6.07) is 8.34. The van der Waals surface area contributed by atoms with E-state index >= 15 is 0 Å². The van der Waals surface area contributed by atoms with Crippen LogP contribution in [0, 0.1) is 13.8 Å².